The molecule has 20 heavy (non-hydrogen) atoms. The van der Waals surface area contributed by atoms with Gasteiger partial charge in [0.2, 0.25) is 11.8 Å². The van der Waals surface area contributed by atoms with E-state index in [2.05, 4.69) is 0 Å². The summed E-state index contributed by atoms with van der Waals surface area (Å²) in [6.07, 6.45) is 1.72. The molecule has 4 N–H and O–H groups in total. The van der Waals surface area contributed by atoms with Crippen molar-refractivity contribution in [3.63, 3.8) is 0 Å². The van der Waals surface area contributed by atoms with Gasteiger partial charge in [-0.05, 0) is 18.4 Å². The number of rotatable bonds is 4. The number of thiocarbonyl (C=S) groups is 1. The fraction of sp³-hybridized carbons (Fsp3) is 0.357. The molecule has 1 heterocycles. The lowest BCUT2D eigenvalue weighted by Crippen LogP contribution is -2.44. The van der Waals surface area contributed by atoms with Gasteiger partial charge in [-0.1, -0.05) is 36.5 Å². The van der Waals surface area contributed by atoms with Crippen LogP contribution in [0.15, 0.2) is 24.3 Å². The van der Waals surface area contributed by atoms with Crippen LogP contribution in [0.5, 0.6) is 0 Å². The highest BCUT2D eigenvalue weighted by molar-refractivity contribution is 7.80. The monoisotopic (exact) mass is 291 g/mol. The van der Waals surface area contributed by atoms with Gasteiger partial charge in [-0.3, -0.25) is 9.59 Å². The lowest BCUT2D eigenvalue weighted by Gasteiger charge is -2.22. The first-order chi connectivity index (χ1) is 9.49. The molecule has 5 nitrogen and oxygen atoms in total. The Labute approximate surface area is 122 Å². The molecule has 2 rings (SSSR count). The average Bonchev–Trinajstić information content (AvgIpc) is 2.88. The van der Waals surface area contributed by atoms with Gasteiger partial charge in [0.1, 0.15) is 11.0 Å². The summed E-state index contributed by atoms with van der Waals surface area (Å²) in [6, 6.07) is 6.77. The smallest absolute Gasteiger partial charge is 0.240 e. The molecule has 0 bridgehead atoms. The second-order valence-corrected chi connectivity index (χ2v) is 5.33. The molecule has 6 heteroatoms. The van der Waals surface area contributed by atoms with E-state index in [1.54, 1.807) is 17.0 Å². The van der Waals surface area contributed by atoms with Crippen molar-refractivity contribution in [2.45, 2.75) is 25.3 Å². The average molecular weight is 291 g/mol. The molecule has 1 saturated heterocycles. The Morgan fingerprint density at radius 3 is 2.45 bits per heavy atom. The Kier molecular flexibility index (Phi) is 4.34. The highest BCUT2D eigenvalue weighted by Gasteiger charge is 2.32. The number of carbonyl (C=O) groups excluding carboxylic acids is 2. The predicted molar refractivity (Wildman–Crippen MR) is 80.0 cm³/mol. The van der Waals surface area contributed by atoms with Crippen LogP contribution >= 0.6 is 12.2 Å². The molecule has 106 valence electrons. The minimum absolute atomic E-state index is 0.0747. The molecule has 1 aliphatic heterocycles. The number of benzene rings is 1. The van der Waals surface area contributed by atoms with Gasteiger partial charge in [-0.15, -0.1) is 0 Å². The number of hydrogen-bond acceptors (Lipinski definition) is 3. The van der Waals surface area contributed by atoms with E-state index >= 15 is 0 Å². The van der Waals surface area contributed by atoms with Crippen molar-refractivity contribution in [3.8, 4) is 0 Å². The molecule has 1 aromatic carbocycles. The molecular weight excluding hydrogens is 274 g/mol. The van der Waals surface area contributed by atoms with E-state index in [0.717, 1.165) is 17.5 Å². The molecule has 1 fully saturated rings. The first-order valence-electron chi connectivity index (χ1n) is 6.46. The fourth-order valence-corrected chi connectivity index (χ4v) is 2.56. The number of likely N-dealkylation sites (tertiary alicyclic amines) is 1. The highest BCUT2D eigenvalue weighted by Crippen LogP contribution is 2.18. The lowest BCUT2D eigenvalue weighted by atomic mass is 10.1. The van der Waals surface area contributed by atoms with E-state index in [1.807, 2.05) is 12.1 Å². The molecule has 1 unspecified atom stereocenters. The van der Waals surface area contributed by atoms with Crippen molar-refractivity contribution in [1.82, 2.24) is 4.90 Å². The molecule has 0 saturated carbocycles. The molecule has 0 spiro atoms. The predicted octanol–water partition coefficient (Wildman–Crippen LogP) is 0.340. The van der Waals surface area contributed by atoms with Gasteiger partial charge in [0.05, 0.1) is 6.42 Å². The minimum atomic E-state index is -0.460. The van der Waals surface area contributed by atoms with Crippen LogP contribution < -0.4 is 11.5 Å². The summed E-state index contributed by atoms with van der Waals surface area (Å²) in [6.45, 7) is 0.595. The largest absolute Gasteiger partial charge is 0.389 e. The molecule has 0 aliphatic carbocycles. The summed E-state index contributed by atoms with van der Waals surface area (Å²) in [7, 11) is 0. The van der Waals surface area contributed by atoms with Crippen molar-refractivity contribution >= 4 is 29.0 Å². The van der Waals surface area contributed by atoms with Crippen LogP contribution in [0, 0.1) is 0 Å². The zero-order valence-electron chi connectivity index (χ0n) is 11.0. The molecule has 1 aromatic rings. The van der Waals surface area contributed by atoms with Gasteiger partial charge in [0.15, 0.2) is 0 Å². The SMILES string of the molecule is NC(=O)C1CCCN1C(=O)Cc1ccc(C(N)=S)cc1. The van der Waals surface area contributed by atoms with Crippen molar-refractivity contribution in [2.75, 3.05) is 6.54 Å². The molecule has 2 amide bonds. The van der Waals surface area contributed by atoms with Crippen LogP contribution in [-0.4, -0.2) is 34.3 Å². The van der Waals surface area contributed by atoms with Gasteiger partial charge in [0, 0.05) is 12.1 Å². The number of nitrogens with two attached hydrogens (primary N) is 2. The first kappa shape index (κ1) is 14.5. The van der Waals surface area contributed by atoms with E-state index in [4.69, 9.17) is 23.7 Å². The summed E-state index contributed by atoms with van der Waals surface area (Å²) >= 11 is 4.88. The number of amides is 2. The molecular formula is C14H17N3O2S. The maximum absolute atomic E-state index is 12.2. The molecule has 0 radical (unpaired) electrons. The van der Waals surface area contributed by atoms with Crippen LogP contribution in [0.2, 0.25) is 0 Å². The summed E-state index contributed by atoms with van der Waals surface area (Å²) < 4.78 is 0. The normalized spacial score (nSPS) is 18.0. The van der Waals surface area contributed by atoms with E-state index in [-0.39, 0.29) is 12.3 Å². The number of carbonyl (C=O) groups is 2. The van der Waals surface area contributed by atoms with Crippen molar-refractivity contribution in [2.24, 2.45) is 11.5 Å². The number of nitrogens with zero attached hydrogens (tertiary/aromatic N) is 1. The van der Waals surface area contributed by atoms with E-state index in [1.165, 1.54) is 0 Å². The van der Waals surface area contributed by atoms with Crippen LogP contribution in [0.1, 0.15) is 24.0 Å². The van der Waals surface area contributed by atoms with Gasteiger partial charge < -0.3 is 16.4 Å². The maximum atomic E-state index is 12.2. The standard InChI is InChI=1S/C14H17N3O2S/c15-13(19)11-2-1-7-17(11)12(18)8-9-3-5-10(6-4-9)14(16)20/h3-6,11H,1-2,7-8H2,(H2,15,19)(H2,16,20). The number of primary amides is 1. The molecule has 1 aliphatic rings. The van der Waals surface area contributed by atoms with Crippen molar-refractivity contribution < 1.29 is 9.59 Å². The van der Waals surface area contributed by atoms with E-state index < -0.39 is 11.9 Å². The third-order valence-corrected chi connectivity index (χ3v) is 3.73. The zero-order valence-corrected chi connectivity index (χ0v) is 11.9. The van der Waals surface area contributed by atoms with E-state index in [9.17, 15) is 9.59 Å². The fourth-order valence-electron chi connectivity index (χ4n) is 2.42. The quantitative estimate of drug-likeness (QED) is 0.783. The molecule has 0 aromatic heterocycles. The topological polar surface area (TPSA) is 89.4 Å². The Hall–Kier alpha value is -1.95. The summed E-state index contributed by atoms with van der Waals surface area (Å²) in [5.41, 5.74) is 12.5. The van der Waals surface area contributed by atoms with Crippen LogP contribution in [0.3, 0.4) is 0 Å². The van der Waals surface area contributed by atoms with Gasteiger partial charge in [0.25, 0.3) is 0 Å². The Bertz CT molecular complexity index is 542. The minimum Gasteiger partial charge on any atom is -0.389 e. The van der Waals surface area contributed by atoms with Gasteiger partial charge in [-0.2, -0.15) is 0 Å². The van der Waals surface area contributed by atoms with Gasteiger partial charge >= 0.3 is 0 Å². The number of hydrogen-bond donors (Lipinski definition) is 2. The Morgan fingerprint density at radius 1 is 1.25 bits per heavy atom. The lowest BCUT2D eigenvalue weighted by molar-refractivity contribution is -0.136. The van der Waals surface area contributed by atoms with Crippen LogP contribution in [-0.2, 0) is 16.0 Å². The second-order valence-electron chi connectivity index (χ2n) is 4.89. The second kappa shape index (κ2) is 6.00. The first-order valence-corrected chi connectivity index (χ1v) is 6.87. The Morgan fingerprint density at radius 2 is 1.90 bits per heavy atom. The third-order valence-electron chi connectivity index (χ3n) is 3.50. The highest BCUT2D eigenvalue weighted by atomic mass is 32.1. The maximum Gasteiger partial charge on any atom is 0.240 e. The van der Waals surface area contributed by atoms with Crippen molar-refractivity contribution in [1.29, 1.82) is 0 Å². The summed E-state index contributed by atoms with van der Waals surface area (Å²) in [5, 5.41) is 0. The van der Waals surface area contributed by atoms with Crippen molar-refractivity contribution in [3.05, 3.63) is 35.4 Å². The van der Waals surface area contributed by atoms with Gasteiger partial charge in [-0.25, -0.2) is 0 Å². The molecule has 1 atom stereocenters. The summed E-state index contributed by atoms with van der Waals surface area (Å²) in [5.74, 6) is -0.506. The van der Waals surface area contributed by atoms with E-state index in [0.29, 0.717) is 18.0 Å². The third kappa shape index (κ3) is 3.14. The summed E-state index contributed by atoms with van der Waals surface area (Å²) in [4.78, 5) is 25.4. The Balaban J connectivity index is 2.04. The zero-order chi connectivity index (χ0) is 14.7. The van der Waals surface area contributed by atoms with Crippen LogP contribution in [0.4, 0.5) is 0 Å². The van der Waals surface area contributed by atoms with Crippen LogP contribution in [0.25, 0.3) is 0 Å².